The Labute approximate surface area is 134 Å². The fourth-order valence-electron chi connectivity index (χ4n) is 5.02. The fourth-order valence-corrected chi connectivity index (χ4v) is 5.02. The van der Waals surface area contributed by atoms with Crippen LogP contribution in [-0.2, 0) is 6.54 Å². The summed E-state index contributed by atoms with van der Waals surface area (Å²) in [4.78, 5) is 5.29. The van der Waals surface area contributed by atoms with Crippen LogP contribution in [-0.4, -0.2) is 52.7 Å². The number of nitrogens with one attached hydrogen (secondary N) is 1. The van der Waals surface area contributed by atoms with Gasteiger partial charge < -0.3 is 4.90 Å². The molecule has 22 heavy (non-hydrogen) atoms. The van der Waals surface area contributed by atoms with E-state index < -0.39 is 0 Å². The summed E-state index contributed by atoms with van der Waals surface area (Å²) in [7, 11) is 2.29. The van der Waals surface area contributed by atoms with Gasteiger partial charge in [-0.05, 0) is 38.6 Å². The maximum absolute atomic E-state index is 4.40. The molecule has 3 saturated heterocycles. The Morgan fingerprint density at radius 1 is 1.09 bits per heavy atom. The minimum Gasteiger partial charge on any atom is -0.304 e. The summed E-state index contributed by atoms with van der Waals surface area (Å²) in [6, 6.07) is 0.748. The van der Waals surface area contributed by atoms with Crippen LogP contribution in [0.4, 0.5) is 0 Å². The molecule has 1 aliphatic carbocycles. The number of hydrogen-bond donors (Lipinski definition) is 1. The number of rotatable bonds is 3. The van der Waals surface area contributed by atoms with Gasteiger partial charge in [-0.1, -0.05) is 19.3 Å². The van der Waals surface area contributed by atoms with E-state index in [0.29, 0.717) is 0 Å². The third kappa shape index (κ3) is 2.95. The van der Waals surface area contributed by atoms with Crippen molar-refractivity contribution in [2.24, 2.45) is 5.92 Å². The van der Waals surface area contributed by atoms with Crippen LogP contribution >= 0.6 is 0 Å². The molecular formula is C18H30N4. The lowest BCUT2D eigenvalue weighted by atomic mass is 9.85. The molecule has 5 rings (SSSR count). The summed E-state index contributed by atoms with van der Waals surface area (Å²) in [6.07, 6.45) is 11.8. The highest BCUT2D eigenvalue weighted by molar-refractivity contribution is 5.21. The molecular weight excluding hydrogens is 272 g/mol. The van der Waals surface area contributed by atoms with Gasteiger partial charge >= 0.3 is 0 Å². The van der Waals surface area contributed by atoms with E-state index in [-0.39, 0.29) is 0 Å². The van der Waals surface area contributed by atoms with Crippen LogP contribution in [0.5, 0.6) is 0 Å². The first-order chi connectivity index (χ1) is 10.8. The highest BCUT2D eigenvalue weighted by atomic mass is 15.3. The molecule has 1 N–H and O–H groups in total. The summed E-state index contributed by atoms with van der Waals surface area (Å²) >= 11 is 0. The highest BCUT2D eigenvalue weighted by Gasteiger charge is 2.34. The molecule has 4 aliphatic rings. The third-order valence-corrected chi connectivity index (χ3v) is 6.15. The zero-order chi connectivity index (χ0) is 14.9. The van der Waals surface area contributed by atoms with Crippen LogP contribution in [0.25, 0.3) is 0 Å². The lowest BCUT2D eigenvalue weighted by Crippen LogP contribution is -2.43. The van der Waals surface area contributed by atoms with Gasteiger partial charge in [0.15, 0.2) is 0 Å². The molecule has 1 saturated carbocycles. The van der Waals surface area contributed by atoms with Gasteiger partial charge in [0.2, 0.25) is 0 Å². The largest absolute Gasteiger partial charge is 0.304 e. The standard InChI is InChI=1S/C18H30N4/c1-21-10-14-7-8-17(13-21)22(11-14)12-16-9-19-20-18(16)15-5-3-2-4-6-15/h9,14-15,17H,2-8,10-13H2,1H3,(H,19,20). The van der Waals surface area contributed by atoms with Gasteiger partial charge in [0, 0.05) is 49.4 Å². The Hall–Kier alpha value is -0.870. The number of aromatic amines is 1. The van der Waals surface area contributed by atoms with Gasteiger partial charge in [0.05, 0.1) is 6.20 Å². The van der Waals surface area contributed by atoms with Crippen molar-refractivity contribution in [3.8, 4) is 0 Å². The van der Waals surface area contributed by atoms with Crippen LogP contribution in [0, 0.1) is 5.92 Å². The van der Waals surface area contributed by atoms with E-state index in [0.717, 1.165) is 24.4 Å². The maximum atomic E-state index is 4.40. The van der Waals surface area contributed by atoms with Gasteiger partial charge in [-0.25, -0.2) is 0 Å². The molecule has 0 amide bonds. The molecule has 4 heteroatoms. The molecule has 1 aromatic heterocycles. The normalized spacial score (nSPS) is 31.5. The average Bonchev–Trinajstić information content (AvgIpc) is 2.84. The van der Waals surface area contributed by atoms with E-state index in [1.807, 2.05) is 0 Å². The van der Waals surface area contributed by atoms with Gasteiger partial charge in [-0.3, -0.25) is 10.00 Å². The average molecular weight is 302 g/mol. The first-order valence-electron chi connectivity index (χ1n) is 9.24. The Morgan fingerprint density at radius 3 is 2.82 bits per heavy atom. The van der Waals surface area contributed by atoms with Crippen LogP contribution in [0.3, 0.4) is 0 Å². The number of likely N-dealkylation sites (N-methyl/N-ethyl adjacent to an activating group) is 1. The first-order valence-corrected chi connectivity index (χ1v) is 9.24. The van der Waals surface area contributed by atoms with Crippen LogP contribution in [0.15, 0.2) is 6.20 Å². The number of nitrogens with zero attached hydrogens (tertiary/aromatic N) is 3. The number of piperidine rings is 1. The zero-order valence-corrected chi connectivity index (χ0v) is 13.9. The van der Waals surface area contributed by atoms with Crippen molar-refractivity contribution in [3.05, 3.63) is 17.5 Å². The SMILES string of the molecule is CN1CC2CCC(C1)N(Cc1cn[nH]c1C1CCCCC1)C2. The Kier molecular flexibility index (Phi) is 4.23. The van der Waals surface area contributed by atoms with Gasteiger partial charge in [0.1, 0.15) is 0 Å². The van der Waals surface area contributed by atoms with Gasteiger partial charge in [-0.15, -0.1) is 0 Å². The molecule has 122 valence electrons. The lowest BCUT2D eigenvalue weighted by molar-refractivity contribution is 0.124. The van der Waals surface area contributed by atoms with E-state index in [4.69, 9.17) is 0 Å². The highest BCUT2D eigenvalue weighted by Crippen LogP contribution is 2.35. The maximum Gasteiger partial charge on any atom is 0.0535 e. The van der Waals surface area contributed by atoms with Crippen LogP contribution in [0.2, 0.25) is 0 Å². The molecule has 2 unspecified atom stereocenters. The van der Waals surface area contributed by atoms with Crippen molar-refractivity contribution >= 4 is 0 Å². The second-order valence-corrected chi connectivity index (χ2v) is 7.89. The summed E-state index contributed by atoms with van der Waals surface area (Å²) < 4.78 is 0. The summed E-state index contributed by atoms with van der Waals surface area (Å²) in [5, 5.41) is 7.75. The van der Waals surface area contributed by atoms with Crippen molar-refractivity contribution in [1.29, 1.82) is 0 Å². The molecule has 0 radical (unpaired) electrons. The van der Waals surface area contributed by atoms with Crippen molar-refractivity contribution in [2.75, 3.05) is 26.7 Å². The number of aromatic nitrogens is 2. The first kappa shape index (κ1) is 14.7. The molecule has 1 aromatic rings. The topological polar surface area (TPSA) is 35.2 Å². The smallest absolute Gasteiger partial charge is 0.0535 e. The predicted octanol–water partition coefficient (Wildman–Crippen LogP) is 2.98. The number of hydrogen-bond acceptors (Lipinski definition) is 3. The summed E-state index contributed by atoms with van der Waals surface area (Å²) in [5.41, 5.74) is 2.93. The van der Waals surface area contributed by atoms with Crippen molar-refractivity contribution in [1.82, 2.24) is 20.0 Å². The monoisotopic (exact) mass is 302 g/mol. The second-order valence-electron chi connectivity index (χ2n) is 7.89. The lowest BCUT2D eigenvalue weighted by Gasteiger charge is -2.36. The molecule has 0 aromatic carbocycles. The fraction of sp³-hybridized carbons (Fsp3) is 0.833. The molecule has 2 atom stereocenters. The molecule has 4 heterocycles. The Morgan fingerprint density at radius 2 is 1.95 bits per heavy atom. The minimum absolute atomic E-state index is 0.734. The van der Waals surface area contributed by atoms with E-state index >= 15 is 0 Å². The summed E-state index contributed by atoms with van der Waals surface area (Å²) in [5.74, 6) is 1.60. The van der Waals surface area contributed by atoms with Crippen LogP contribution < -0.4 is 0 Å². The molecule has 2 bridgehead atoms. The third-order valence-electron chi connectivity index (χ3n) is 6.15. The molecule has 4 nitrogen and oxygen atoms in total. The van der Waals surface area contributed by atoms with Crippen molar-refractivity contribution in [3.63, 3.8) is 0 Å². The van der Waals surface area contributed by atoms with Crippen molar-refractivity contribution < 1.29 is 0 Å². The van der Waals surface area contributed by atoms with E-state index in [2.05, 4.69) is 33.2 Å². The van der Waals surface area contributed by atoms with E-state index in [1.165, 1.54) is 75.8 Å². The van der Waals surface area contributed by atoms with Gasteiger partial charge in [0.25, 0.3) is 0 Å². The summed E-state index contributed by atoms with van der Waals surface area (Å²) in [6.45, 7) is 4.92. The Bertz CT molecular complexity index is 491. The molecule has 3 aliphatic heterocycles. The van der Waals surface area contributed by atoms with Gasteiger partial charge in [-0.2, -0.15) is 5.10 Å². The molecule has 0 spiro atoms. The van der Waals surface area contributed by atoms with E-state index in [1.54, 1.807) is 0 Å². The zero-order valence-electron chi connectivity index (χ0n) is 13.9. The number of H-pyrrole nitrogens is 1. The van der Waals surface area contributed by atoms with Crippen molar-refractivity contribution in [2.45, 2.75) is 63.5 Å². The van der Waals surface area contributed by atoms with Crippen LogP contribution in [0.1, 0.15) is 62.1 Å². The number of fused-ring (bicyclic) bond motifs is 4. The molecule has 4 fully saturated rings. The minimum atomic E-state index is 0.734. The predicted molar refractivity (Wildman–Crippen MR) is 88.8 cm³/mol. The second kappa shape index (κ2) is 6.32. The Balaban J connectivity index is 1.48. The quantitative estimate of drug-likeness (QED) is 0.932. The van der Waals surface area contributed by atoms with E-state index in [9.17, 15) is 0 Å².